The molecule has 0 saturated carbocycles. The van der Waals surface area contributed by atoms with E-state index in [9.17, 15) is 9.59 Å². The number of likely N-dealkylation sites (tertiary alicyclic amines) is 1. The summed E-state index contributed by atoms with van der Waals surface area (Å²) < 4.78 is 22.0. The maximum absolute atomic E-state index is 13.6. The summed E-state index contributed by atoms with van der Waals surface area (Å²) in [5.41, 5.74) is 7.81. The summed E-state index contributed by atoms with van der Waals surface area (Å²) in [5, 5.41) is 6.34. The lowest BCUT2D eigenvalue weighted by Crippen LogP contribution is -2.44. The predicted octanol–water partition coefficient (Wildman–Crippen LogP) is 2.60. The third-order valence-electron chi connectivity index (χ3n) is 7.03. The monoisotopic (exact) mass is 510 g/mol. The van der Waals surface area contributed by atoms with Crippen molar-refractivity contribution in [3.63, 3.8) is 0 Å². The summed E-state index contributed by atoms with van der Waals surface area (Å²) in [7, 11) is 6.38. The highest BCUT2D eigenvalue weighted by Gasteiger charge is 2.37. The first kappa shape index (κ1) is 26.3. The molecule has 0 aliphatic carbocycles. The van der Waals surface area contributed by atoms with Gasteiger partial charge in [-0.3, -0.25) is 14.5 Å². The first-order valence-corrected chi connectivity index (χ1v) is 12.2. The van der Waals surface area contributed by atoms with Gasteiger partial charge >= 0.3 is 0 Å². The van der Waals surface area contributed by atoms with E-state index >= 15 is 0 Å². The Morgan fingerprint density at radius 2 is 1.54 bits per heavy atom. The molecule has 10 nitrogen and oxygen atoms in total. The maximum Gasteiger partial charge on any atom is 0.257 e. The third-order valence-corrected chi connectivity index (χ3v) is 7.03. The molecular weight excluding hydrogens is 476 g/mol. The number of methoxy groups -OCH3 is 4. The van der Waals surface area contributed by atoms with Gasteiger partial charge in [0.05, 0.1) is 46.7 Å². The molecule has 0 unspecified atom stereocenters. The molecule has 2 aliphatic rings. The van der Waals surface area contributed by atoms with E-state index in [0.717, 1.165) is 16.8 Å². The second kappa shape index (κ2) is 11.5. The number of amides is 2. The highest BCUT2D eigenvalue weighted by Crippen LogP contribution is 2.40. The van der Waals surface area contributed by atoms with E-state index in [1.54, 1.807) is 45.6 Å². The minimum atomic E-state index is -0.377. The molecule has 198 valence electrons. The Morgan fingerprint density at radius 3 is 2.14 bits per heavy atom. The Hall–Kier alpha value is -3.79. The Labute approximate surface area is 216 Å². The molecular formula is C27H34N4O6. The summed E-state index contributed by atoms with van der Waals surface area (Å²) in [4.78, 5) is 27.2. The number of hydrogen-bond acceptors (Lipinski definition) is 8. The van der Waals surface area contributed by atoms with Crippen LogP contribution in [0.1, 0.15) is 36.4 Å². The number of benzene rings is 2. The van der Waals surface area contributed by atoms with Gasteiger partial charge in [0, 0.05) is 35.6 Å². The molecule has 0 radical (unpaired) electrons. The molecule has 0 bridgehead atoms. The van der Waals surface area contributed by atoms with Crippen LogP contribution in [0.4, 0.5) is 0 Å². The smallest absolute Gasteiger partial charge is 0.257 e. The Morgan fingerprint density at radius 1 is 0.919 bits per heavy atom. The van der Waals surface area contributed by atoms with Crippen LogP contribution in [-0.4, -0.2) is 75.5 Å². The molecule has 2 amide bonds. The van der Waals surface area contributed by atoms with E-state index in [1.165, 1.54) is 0 Å². The van der Waals surface area contributed by atoms with Gasteiger partial charge in [0.25, 0.3) is 5.91 Å². The van der Waals surface area contributed by atoms with Crippen molar-refractivity contribution in [2.75, 3.05) is 48.1 Å². The molecule has 2 aromatic carbocycles. The molecule has 2 heterocycles. The molecule has 0 aromatic heterocycles. The fourth-order valence-electron chi connectivity index (χ4n) is 4.92. The molecule has 10 heteroatoms. The van der Waals surface area contributed by atoms with Gasteiger partial charge in [-0.1, -0.05) is 0 Å². The van der Waals surface area contributed by atoms with Crippen molar-refractivity contribution in [3.05, 3.63) is 47.5 Å². The number of piperidine rings is 1. The molecule has 2 aromatic rings. The number of hydrazone groups is 1. The number of carbonyl (C=O) groups is 2. The number of rotatable bonds is 9. The zero-order valence-corrected chi connectivity index (χ0v) is 21.7. The molecule has 2 aliphatic heterocycles. The van der Waals surface area contributed by atoms with Crippen molar-refractivity contribution in [1.29, 1.82) is 0 Å². The topological polar surface area (TPSA) is 116 Å². The van der Waals surface area contributed by atoms with Gasteiger partial charge in [0.15, 0.2) is 0 Å². The molecule has 37 heavy (non-hydrogen) atoms. The highest BCUT2D eigenvalue weighted by molar-refractivity contribution is 6.05. The number of hydrogen-bond donors (Lipinski definition) is 1. The molecule has 2 N–H and O–H groups in total. The van der Waals surface area contributed by atoms with Crippen molar-refractivity contribution in [3.8, 4) is 23.0 Å². The van der Waals surface area contributed by atoms with Crippen LogP contribution in [0.25, 0.3) is 0 Å². The van der Waals surface area contributed by atoms with Crippen LogP contribution >= 0.6 is 0 Å². The van der Waals surface area contributed by atoms with Gasteiger partial charge in [0.1, 0.15) is 23.0 Å². The fourth-order valence-corrected chi connectivity index (χ4v) is 4.92. The molecule has 0 spiro atoms. The van der Waals surface area contributed by atoms with Crippen LogP contribution < -0.4 is 24.7 Å². The van der Waals surface area contributed by atoms with Crippen LogP contribution in [0, 0.1) is 5.92 Å². The zero-order valence-electron chi connectivity index (χ0n) is 21.7. The van der Waals surface area contributed by atoms with E-state index in [1.807, 2.05) is 29.2 Å². The fraction of sp³-hybridized carbons (Fsp3) is 0.444. The number of nitrogens with zero attached hydrogens (tertiary/aromatic N) is 3. The van der Waals surface area contributed by atoms with E-state index in [4.69, 9.17) is 29.8 Å². The van der Waals surface area contributed by atoms with Crippen molar-refractivity contribution in [1.82, 2.24) is 9.91 Å². The molecule has 1 atom stereocenters. The van der Waals surface area contributed by atoms with Crippen LogP contribution in [0.5, 0.6) is 23.0 Å². The van der Waals surface area contributed by atoms with Crippen molar-refractivity contribution >= 4 is 17.5 Å². The van der Waals surface area contributed by atoms with Crippen LogP contribution in [0.15, 0.2) is 41.5 Å². The Kier molecular flexibility index (Phi) is 8.17. The van der Waals surface area contributed by atoms with Crippen LogP contribution in [0.3, 0.4) is 0 Å². The van der Waals surface area contributed by atoms with E-state index in [0.29, 0.717) is 55.4 Å². The van der Waals surface area contributed by atoms with Crippen LogP contribution in [-0.2, 0) is 9.59 Å². The quantitative estimate of drug-likeness (QED) is 0.551. The van der Waals surface area contributed by atoms with Gasteiger partial charge in [-0.2, -0.15) is 5.10 Å². The number of carbonyl (C=O) groups excluding carboxylic acids is 2. The molecule has 1 saturated heterocycles. The number of ether oxygens (including phenoxy) is 4. The normalized spacial score (nSPS) is 18.3. The molecule has 4 rings (SSSR count). The van der Waals surface area contributed by atoms with Crippen molar-refractivity contribution in [2.45, 2.75) is 25.3 Å². The summed E-state index contributed by atoms with van der Waals surface area (Å²) in [6.07, 6.45) is 1.77. The van der Waals surface area contributed by atoms with Gasteiger partial charge in [-0.05, 0) is 50.2 Å². The largest absolute Gasteiger partial charge is 0.497 e. The van der Waals surface area contributed by atoms with E-state index in [-0.39, 0.29) is 30.3 Å². The standard InChI is InChI=1S/C27H34N4O6/c1-34-18-5-7-20(24(13-18)36-3)22-15-23(21-8-6-19(35-2)14-25(21)37-4)31(29-22)26(32)16-30-11-9-17(10-12-30)27(28)33/h5-8,13-14,17,23H,9-12,15-16H2,1-4H3,(H2,28,33)/t23-/m0/s1. The Bertz CT molecular complexity index is 1180. The lowest BCUT2D eigenvalue weighted by molar-refractivity contribution is -0.134. The SMILES string of the molecule is COc1ccc(C2=NN(C(=O)CN3CCC(C(N)=O)CC3)[C@H](c3ccc(OC)cc3OC)C2)c(OC)c1. The van der Waals surface area contributed by atoms with Crippen molar-refractivity contribution in [2.24, 2.45) is 16.8 Å². The minimum Gasteiger partial charge on any atom is -0.497 e. The molecule has 1 fully saturated rings. The first-order valence-electron chi connectivity index (χ1n) is 12.2. The van der Waals surface area contributed by atoms with E-state index < -0.39 is 0 Å². The lowest BCUT2D eigenvalue weighted by Gasteiger charge is -2.31. The van der Waals surface area contributed by atoms with Gasteiger partial charge in [-0.15, -0.1) is 0 Å². The average Bonchev–Trinajstić information content (AvgIpc) is 3.37. The Balaban J connectivity index is 1.65. The third kappa shape index (κ3) is 5.64. The summed E-state index contributed by atoms with van der Waals surface area (Å²) in [6.45, 7) is 1.45. The summed E-state index contributed by atoms with van der Waals surface area (Å²) in [6, 6.07) is 10.7. The summed E-state index contributed by atoms with van der Waals surface area (Å²) in [5.74, 6) is 2.00. The predicted molar refractivity (Wildman–Crippen MR) is 138 cm³/mol. The highest BCUT2D eigenvalue weighted by atomic mass is 16.5. The number of primary amides is 1. The van der Waals surface area contributed by atoms with E-state index in [2.05, 4.69) is 0 Å². The lowest BCUT2D eigenvalue weighted by atomic mass is 9.96. The average molecular weight is 511 g/mol. The van der Waals surface area contributed by atoms with Gasteiger partial charge in [0.2, 0.25) is 5.91 Å². The summed E-state index contributed by atoms with van der Waals surface area (Å²) >= 11 is 0. The first-order chi connectivity index (χ1) is 17.9. The van der Waals surface area contributed by atoms with Crippen LogP contribution in [0.2, 0.25) is 0 Å². The minimum absolute atomic E-state index is 0.136. The van der Waals surface area contributed by atoms with Gasteiger partial charge in [-0.25, -0.2) is 5.01 Å². The van der Waals surface area contributed by atoms with Gasteiger partial charge < -0.3 is 24.7 Å². The zero-order chi connectivity index (χ0) is 26.5. The second-order valence-electron chi connectivity index (χ2n) is 9.13. The number of nitrogens with two attached hydrogens (primary N) is 1. The maximum atomic E-state index is 13.6. The second-order valence-corrected chi connectivity index (χ2v) is 9.13. The van der Waals surface area contributed by atoms with Crippen molar-refractivity contribution < 1.29 is 28.5 Å².